The maximum absolute atomic E-state index is 12.1. The Morgan fingerprint density at radius 2 is 1.94 bits per heavy atom. The van der Waals surface area contributed by atoms with E-state index >= 15 is 0 Å². The summed E-state index contributed by atoms with van der Waals surface area (Å²) in [5.74, 6) is 3.02. The number of methoxy groups -OCH3 is 1. The molecule has 3 N–H and O–H groups in total. The van der Waals surface area contributed by atoms with Crippen molar-refractivity contribution in [3.05, 3.63) is 41.6 Å². The Morgan fingerprint density at radius 3 is 2.57 bits per heavy atom. The van der Waals surface area contributed by atoms with Gasteiger partial charge in [0, 0.05) is 42.1 Å². The Labute approximate surface area is 208 Å². The van der Waals surface area contributed by atoms with Crippen LogP contribution in [0.25, 0.3) is 0 Å². The summed E-state index contributed by atoms with van der Waals surface area (Å²) in [6, 6.07) is 9.92. The van der Waals surface area contributed by atoms with Crippen molar-refractivity contribution in [3.63, 3.8) is 0 Å². The number of carbonyl (C=O) groups is 1. The third-order valence-electron chi connectivity index (χ3n) is 6.29. The van der Waals surface area contributed by atoms with E-state index < -0.39 is 0 Å². The number of ketones is 1. The van der Waals surface area contributed by atoms with Gasteiger partial charge >= 0.3 is 0 Å². The van der Waals surface area contributed by atoms with Crippen molar-refractivity contribution in [2.24, 2.45) is 5.92 Å². The van der Waals surface area contributed by atoms with Gasteiger partial charge in [-0.1, -0.05) is 12.1 Å². The van der Waals surface area contributed by atoms with Gasteiger partial charge in [0.05, 0.1) is 13.2 Å². The molecule has 0 spiro atoms. The molecule has 2 aliphatic rings. The van der Waals surface area contributed by atoms with Gasteiger partial charge in [0.25, 0.3) is 0 Å². The first-order valence-electron chi connectivity index (χ1n) is 12.0. The Morgan fingerprint density at radius 1 is 1.20 bits per heavy atom. The molecule has 0 unspecified atom stereocenters. The Hall–Kier alpha value is -3.11. The van der Waals surface area contributed by atoms with E-state index in [1.54, 1.807) is 7.11 Å². The van der Waals surface area contributed by atoms with Crippen LogP contribution >= 0.6 is 11.8 Å². The molecule has 1 saturated carbocycles. The quantitative estimate of drug-likeness (QED) is 0.381. The Kier molecular flexibility index (Phi) is 6.92. The molecule has 10 heteroatoms. The molecule has 9 nitrogen and oxygen atoms in total. The highest BCUT2D eigenvalue weighted by atomic mass is 32.2. The zero-order valence-electron chi connectivity index (χ0n) is 20.0. The minimum atomic E-state index is -0.289. The minimum Gasteiger partial charge on any atom is -0.490 e. The second-order valence-corrected chi connectivity index (χ2v) is 10.2. The molecular formula is C25H30N6O3S. The molecule has 0 atom stereocenters. The summed E-state index contributed by atoms with van der Waals surface area (Å²) in [5.41, 5.74) is 1.96. The smallest absolute Gasteiger partial charge is 0.204 e. The van der Waals surface area contributed by atoms with Crippen LogP contribution < -0.4 is 15.0 Å². The van der Waals surface area contributed by atoms with Crippen LogP contribution in [-0.4, -0.2) is 57.4 Å². The molecule has 3 aromatic rings. The first kappa shape index (κ1) is 23.6. The van der Waals surface area contributed by atoms with Crippen molar-refractivity contribution >= 4 is 35.0 Å². The fraction of sp³-hybridized carbons (Fsp3) is 0.440. The summed E-state index contributed by atoms with van der Waals surface area (Å²) in [7, 11) is 1.61. The number of piperidine rings is 1. The second kappa shape index (κ2) is 10.2. The van der Waals surface area contributed by atoms with Crippen LogP contribution in [0.4, 0.5) is 17.5 Å². The van der Waals surface area contributed by atoms with Crippen molar-refractivity contribution < 1.29 is 14.6 Å². The summed E-state index contributed by atoms with van der Waals surface area (Å²) in [4.78, 5) is 24.8. The fourth-order valence-electron chi connectivity index (χ4n) is 4.16. The average molecular weight is 495 g/mol. The number of ether oxygens (including phenoxy) is 1. The molecule has 2 fully saturated rings. The van der Waals surface area contributed by atoms with Gasteiger partial charge in [-0.15, -0.1) is 0 Å². The van der Waals surface area contributed by atoms with E-state index in [0.717, 1.165) is 29.0 Å². The standard InChI is InChI=1S/C25H30N6O3S/c1-15-13-21(30-29-15)26-23-22(34-2)24(31-11-9-18(32)10-12-31)28-25(27-23)35-19-7-3-16(4-8-19)14-20(33)17-5-6-17/h3-4,7-8,13,17-18,32H,5-6,9-12,14H2,1-2H3,(H2,26,27,28,29,30). The summed E-state index contributed by atoms with van der Waals surface area (Å²) in [5, 5.41) is 21.0. The maximum Gasteiger partial charge on any atom is 0.204 e. The number of aliphatic hydroxyl groups excluding tert-OH is 1. The lowest BCUT2D eigenvalue weighted by Crippen LogP contribution is -2.36. The van der Waals surface area contributed by atoms with Crippen molar-refractivity contribution in [2.45, 2.75) is 55.2 Å². The number of anilines is 3. The molecule has 1 aromatic carbocycles. The predicted molar refractivity (Wildman–Crippen MR) is 135 cm³/mol. The van der Waals surface area contributed by atoms with E-state index in [-0.39, 0.29) is 12.0 Å². The molecule has 0 radical (unpaired) electrons. The van der Waals surface area contributed by atoms with Crippen LogP contribution in [-0.2, 0) is 11.2 Å². The number of carbonyl (C=O) groups excluding carboxylic acids is 1. The summed E-state index contributed by atoms with van der Waals surface area (Å²) in [6.07, 6.45) is 3.64. The highest BCUT2D eigenvalue weighted by Crippen LogP contribution is 2.39. The number of aromatic nitrogens is 4. The number of H-pyrrole nitrogens is 1. The topological polar surface area (TPSA) is 116 Å². The number of aromatic amines is 1. The monoisotopic (exact) mass is 494 g/mol. The Bertz CT molecular complexity index is 1190. The number of nitrogens with zero attached hydrogens (tertiary/aromatic N) is 4. The van der Waals surface area contributed by atoms with E-state index in [2.05, 4.69) is 20.4 Å². The van der Waals surface area contributed by atoms with Gasteiger partial charge in [-0.05, 0) is 62.1 Å². The highest BCUT2D eigenvalue weighted by Gasteiger charge is 2.29. The zero-order chi connectivity index (χ0) is 24.4. The van der Waals surface area contributed by atoms with E-state index in [1.165, 1.54) is 11.8 Å². The van der Waals surface area contributed by atoms with Gasteiger partial charge in [0.1, 0.15) is 5.78 Å². The predicted octanol–water partition coefficient (Wildman–Crippen LogP) is 3.89. The molecule has 1 aliphatic carbocycles. The third-order valence-corrected chi connectivity index (χ3v) is 7.16. The van der Waals surface area contributed by atoms with Gasteiger partial charge in [0.2, 0.25) is 5.75 Å². The highest BCUT2D eigenvalue weighted by molar-refractivity contribution is 7.99. The SMILES string of the molecule is COc1c(Nc2cc(C)[nH]n2)nc(Sc2ccc(CC(=O)C3CC3)cc2)nc1N1CCC(O)CC1. The van der Waals surface area contributed by atoms with Crippen molar-refractivity contribution in [3.8, 4) is 5.75 Å². The number of hydrogen-bond acceptors (Lipinski definition) is 9. The summed E-state index contributed by atoms with van der Waals surface area (Å²) in [6.45, 7) is 3.30. The maximum atomic E-state index is 12.1. The minimum absolute atomic E-state index is 0.273. The van der Waals surface area contributed by atoms with Crippen LogP contribution in [0.15, 0.2) is 40.4 Å². The van der Waals surface area contributed by atoms with Crippen molar-refractivity contribution in [2.75, 3.05) is 30.4 Å². The van der Waals surface area contributed by atoms with Crippen LogP contribution in [0.3, 0.4) is 0 Å². The molecule has 1 saturated heterocycles. The summed E-state index contributed by atoms with van der Waals surface area (Å²) < 4.78 is 5.75. The van der Waals surface area contributed by atoms with Gasteiger partial charge in [-0.3, -0.25) is 9.89 Å². The Balaban J connectivity index is 1.42. The van der Waals surface area contributed by atoms with Gasteiger partial charge in [-0.2, -0.15) is 5.10 Å². The molecule has 3 heterocycles. The molecular weight excluding hydrogens is 464 g/mol. The lowest BCUT2D eigenvalue weighted by Gasteiger charge is -2.31. The number of benzene rings is 1. The van der Waals surface area contributed by atoms with Crippen LogP contribution in [0, 0.1) is 12.8 Å². The van der Waals surface area contributed by atoms with Crippen molar-refractivity contribution in [1.29, 1.82) is 0 Å². The van der Waals surface area contributed by atoms with Crippen LogP contribution in [0.5, 0.6) is 5.75 Å². The molecule has 5 rings (SSSR count). The molecule has 0 bridgehead atoms. The third kappa shape index (κ3) is 5.76. The normalized spacial score (nSPS) is 16.4. The number of aliphatic hydroxyl groups is 1. The number of rotatable bonds is 9. The number of Topliss-reactive ketones (excluding diaryl/α,β-unsaturated/α-hetero) is 1. The number of hydrogen-bond donors (Lipinski definition) is 3. The fourth-order valence-corrected chi connectivity index (χ4v) is 4.92. The van der Waals surface area contributed by atoms with Gasteiger partial charge < -0.3 is 20.1 Å². The summed E-state index contributed by atoms with van der Waals surface area (Å²) >= 11 is 1.45. The van der Waals surface area contributed by atoms with E-state index in [4.69, 9.17) is 14.7 Å². The average Bonchev–Trinajstić information content (AvgIpc) is 3.63. The first-order chi connectivity index (χ1) is 17.0. The van der Waals surface area contributed by atoms with Crippen LogP contribution in [0.2, 0.25) is 0 Å². The lowest BCUT2D eigenvalue weighted by atomic mass is 10.1. The molecule has 0 amide bonds. The van der Waals surface area contributed by atoms with Gasteiger partial charge in [-0.25, -0.2) is 9.97 Å². The van der Waals surface area contributed by atoms with E-state index in [1.807, 2.05) is 37.3 Å². The molecule has 2 aromatic heterocycles. The number of aryl methyl sites for hydroxylation is 1. The first-order valence-corrected chi connectivity index (χ1v) is 12.8. The number of nitrogens with one attached hydrogen (secondary N) is 2. The molecule has 35 heavy (non-hydrogen) atoms. The zero-order valence-corrected chi connectivity index (χ0v) is 20.8. The van der Waals surface area contributed by atoms with Gasteiger partial charge in [0.15, 0.2) is 22.6 Å². The van der Waals surface area contributed by atoms with E-state index in [9.17, 15) is 9.90 Å². The molecule has 184 valence electrons. The lowest BCUT2D eigenvalue weighted by molar-refractivity contribution is -0.119. The van der Waals surface area contributed by atoms with Crippen LogP contribution in [0.1, 0.15) is 36.9 Å². The van der Waals surface area contributed by atoms with E-state index in [0.29, 0.717) is 66.5 Å². The molecule has 1 aliphatic heterocycles. The van der Waals surface area contributed by atoms with Crippen molar-refractivity contribution in [1.82, 2.24) is 20.2 Å². The second-order valence-electron chi connectivity index (χ2n) is 9.15. The largest absolute Gasteiger partial charge is 0.490 e.